The van der Waals surface area contributed by atoms with E-state index in [0.29, 0.717) is 0 Å². The number of allylic oxidation sites excluding steroid dienone is 3. The first-order chi connectivity index (χ1) is 4.97. The Bertz CT molecular complexity index is 225. The zero-order chi connectivity index (χ0) is 6.81. The molecule has 2 aliphatic rings. The summed E-state index contributed by atoms with van der Waals surface area (Å²) in [6.07, 6.45) is 9.79. The first-order valence-electron chi connectivity index (χ1n) is 3.45. The molecule has 0 radical (unpaired) electrons. The lowest BCUT2D eigenvalue weighted by molar-refractivity contribution is 0.342. The standard InChI is InChI=1S/C8H9NO/c1-2-4-8-7(3-1)9-5-6-10-8/h2,4-6,9H,1,3H2. The van der Waals surface area contributed by atoms with E-state index in [-0.39, 0.29) is 0 Å². The highest BCUT2D eigenvalue weighted by Gasteiger charge is 2.09. The lowest BCUT2D eigenvalue weighted by atomic mass is 10.1. The predicted octanol–water partition coefficient (Wildman–Crippen LogP) is 1.64. The zero-order valence-corrected chi connectivity index (χ0v) is 5.63. The van der Waals surface area contributed by atoms with Crippen LogP contribution in [0.3, 0.4) is 0 Å². The van der Waals surface area contributed by atoms with Crippen molar-refractivity contribution in [3.63, 3.8) is 0 Å². The first kappa shape index (κ1) is 5.59. The second-order valence-electron chi connectivity index (χ2n) is 2.35. The molecule has 0 bridgehead atoms. The minimum Gasteiger partial charge on any atom is -0.462 e. The highest BCUT2D eigenvalue weighted by atomic mass is 16.5. The molecule has 0 unspecified atom stereocenters. The molecule has 1 aliphatic heterocycles. The van der Waals surface area contributed by atoms with Gasteiger partial charge in [0.15, 0.2) is 0 Å². The van der Waals surface area contributed by atoms with E-state index in [4.69, 9.17) is 4.74 Å². The van der Waals surface area contributed by atoms with Gasteiger partial charge in [-0.2, -0.15) is 0 Å². The molecule has 52 valence electrons. The van der Waals surface area contributed by atoms with Crippen LogP contribution in [-0.2, 0) is 4.74 Å². The van der Waals surface area contributed by atoms with Gasteiger partial charge in [0.1, 0.15) is 12.0 Å². The average Bonchev–Trinajstić information content (AvgIpc) is 2.05. The molecule has 1 N–H and O–H groups in total. The molecule has 1 aliphatic carbocycles. The van der Waals surface area contributed by atoms with Crippen LogP contribution in [0.4, 0.5) is 0 Å². The predicted molar refractivity (Wildman–Crippen MR) is 38.8 cm³/mol. The van der Waals surface area contributed by atoms with Crippen LogP contribution >= 0.6 is 0 Å². The van der Waals surface area contributed by atoms with Gasteiger partial charge in [-0.05, 0) is 18.9 Å². The van der Waals surface area contributed by atoms with Crippen LogP contribution in [0.15, 0.2) is 36.1 Å². The summed E-state index contributed by atoms with van der Waals surface area (Å²) in [5.41, 5.74) is 1.20. The third kappa shape index (κ3) is 0.817. The molecule has 10 heavy (non-hydrogen) atoms. The number of nitrogens with one attached hydrogen (secondary N) is 1. The van der Waals surface area contributed by atoms with Gasteiger partial charge in [-0.1, -0.05) is 6.08 Å². The van der Waals surface area contributed by atoms with E-state index >= 15 is 0 Å². The normalized spacial score (nSPS) is 21.6. The van der Waals surface area contributed by atoms with Crippen molar-refractivity contribution in [3.05, 3.63) is 36.1 Å². The minimum atomic E-state index is 0.966. The Hall–Kier alpha value is -1.18. The van der Waals surface area contributed by atoms with Gasteiger partial charge in [-0.15, -0.1) is 0 Å². The summed E-state index contributed by atoms with van der Waals surface area (Å²) in [6, 6.07) is 0. The number of hydrogen-bond acceptors (Lipinski definition) is 2. The summed E-state index contributed by atoms with van der Waals surface area (Å²) in [6.45, 7) is 0. The summed E-state index contributed by atoms with van der Waals surface area (Å²) < 4.78 is 5.23. The molecule has 2 nitrogen and oxygen atoms in total. The van der Waals surface area contributed by atoms with E-state index in [1.807, 2.05) is 12.3 Å². The topological polar surface area (TPSA) is 21.3 Å². The van der Waals surface area contributed by atoms with Crippen molar-refractivity contribution in [3.8, 4) is 0 Å². The van der Waals surface area contributed by atoms with Gasteiger partial charge in [0.05, 0.1) is 5.70 Å². The second-order valence-corrected chi connectivity index (χ2v) is 2.35. The van der Waals surface area contributed by atoms with Gasteiger partial charge in [0.25, 0.3) is 0 Å². The largest absolute Gasteiger partial charge is 0.462 e. The summed E-state index contributed by atoms with van der Waals surface area (Å²) in [5, 5.41) is 3.14. The van der Waals surface area contributed by atoms with Crippen molar-refractivity contribution in [2.24, 2.45) is 0 Å². The van der Waals surface area contributed by atoms with Gasteiger partial charge >= 0.3 is 0 Å². The fourth-order valence-electron chi connectivity index (χ4n) is 1.14. The molecule has 1 heterocycles. The molecular weight excluding hydrogens is 126 g/mol. The lowest BCUT2D eigenvalue weighted by Crippen LogP contribution is -2.13. The average molecular weight is 135 g/mol. The first-order valence-corrected chi connectivity index (χ1v) is 3.45. The molecule has 0 aromatic rings. The Morgan fingerprint density at radius 3 is 3.40 bits per heavy atom. The number of rotatable bonds is 0. The van der Waals surface area contributed by atoms with Crippen molar-refractivity contribution < 1.29 is 4.74 Å². The van der Waals surface area contributed by atoms with Crippen LogP contribution in [0, 0.1) is 0 Å². The molecule has 2 heteroatoms. The van der Waals surface area contributed by atoms with Gasteiger partial charge in [-0.25, -0.2) is 0 Å². The molecule has 0 aromatic carbocycles. The Morgan fingerprint density at radius 2 is 2.50 bits per heavy atom. The Labute approximate surface area is 59.9 Å². The van der Waals surface area contributed by atoms with E-state index in [2.05, 4.69) is 11.4 Å². The highest BCUT2D eigenvalue weighted by molar-refractivity contribution is 5.26. The summed E-state index contributed by atoms with van der Waals surface area (Å²) in [5.74, 6) is 0.966. The fraction of sp³-hybridized carbons (Fsp3) is 0.250. The molecular formula is C8H9NO. The van der Waals surface area contributed by atoms with Gasteiger partial charge in [0.2, 0.25) is 0 Å². The summed E-state index contributed by atoms with van der Waals surface area (Å²) >= 11 is 0. The van der Waals surface area contributed by atoms with Gasteiger partial charge < -0.3 is 10.1 Å². The van der Waals surface area contributed by atoms with Gasteiger partial charge in [0, 0.05) is 6.20 Å². The highest BCUT2D eigenvalue weighted by Crippen LogP contribution is 2.19. The van der Waals surface area contributed by atoms with Crippen LogP contribution in [0.5, 0.6) is 0 Å². The molecule has 0 aromatic heterocycles. The van der Waals surface area contributed by atoms with Crippen LogP contribution in [0.2, 0.25) is 0 Å². The lowest BCUT2D eigenvalue weighted by Gasteiger charge is -2.17. The van der Waals surface area contributed by atoms with Crippen molar-refractivity contribution in [1.82, 2.24) is 5.32 Å². The monoisotopic (exact) mass is 135 g/mol. The third-order valence-corrected chi connectivity index (χ3v) is 1.65. The van der Waals surface area contributed by atoms with Crippen molar-refractivity contribution in [1.29, 1.82) is 0 Å². The van der Waals surface area contributed by atoms with Crippen LogP contribution < -0.4 is 5.32 Å². The number of ether oxygens (including phenoxy) is 1. The van der Waals surface area contributed by atoms with Crippen LogP contribution in [0.25, 0.3) is 0 Å². The Morgan fingerprint density at radius 1 is 1.50 bits per heavy atom. The van der Waals surface area contributed by atoms with Crippen LogP contribution in [0.1, 0.15) is 12.8 Å². The third-order valence-electron chi connectivity index (χ3n) is 1.65. The summed E-state index contributed by atoms with van der Waals surface area (Å²) in [4.78, 5) is 0. The molecule has 0 spiro atoms. The Balaban J connectivity index is 2.25. The number of hydrogen-bond donors (Lipinski definition) is 1. The van der Waals surface area contributed by atoms with Gasteiger partial charge in [-0.3, -0.25) is 0 Å². The zero-order valence-electron chi connectivity index (χ0n) is 5.63. The second kappa shape index (κ2) is 2.21. The molecule has 2 rings (SSSR count). The van der Waals surface area contributed by atoms with E-state index < -0.39 is 0 Å². The molecule has 0 fully saturated rings. The van der Waals surface area contributed by atoms with Crippen molar-refractivity contribution in [2.45, 2.75) is 12.8 Å². The van der Waals surface area contributed by atoms with Crippen LogP contribution in [-0.4, -0.2) is 0 Å². The van der Waals surface area contributed by atoms with E-state index in [1.54, 1.807) is 6.26 Å². The molecule has 0 atom stereocenters. The molecule has 0 saturated carbocycles. The minimum absolute atomic E-state index is 0.966. The maximum atomic E-state index is 5.23. The summed E-state index contributed by atoms with van der Waals surface area (Å²) in [7, 11) is 0. The van der Waals surface area contributed by atoms with E-state index in [0.717, 1.165) is 18.6 Å². The molecule has 0 amide bonds. The van der Waals surface area contributed by atoms with E-state index in [1.165, 1.54) is 5.70 Å². The maximum absolute atomic E-state index is 5.23. The maximum Gasteiger partial charge on any atom is 0.145 e. The molecule has 0 saturated heterocycles. The van der Waals surface area contributed by atoms with Crippen molar-refractivity contribution in [2.75, 3.05) is 0 Å². The van der Waals surface area contributed by atoms with Crippen molar-refractivity contribution >= 4 is 0 Å². The van der Waals surface area contributed by atoms with E-state index in [9.17, 15) is 0 Å². The Kier molecular flexibility index (Phi) is 1.24. The quantitative estimate of drug-likeness (QED) is 0.545. The SMILES string of the molecule is C1=CC2=C(CC1)NC=CO2. The fourth-order valence-corrected chi connectivity index (χ4v) is 1.14. The smallest absolute Gasteiger partial charge is 0.145 e.